The standard InChI is InChI=1S/C17H18N6O/c1-12-4-5-13(9-18)16(21-12)23-8-2-3-14(11-23)22-17(24)15-10-19-6-7-20-15/h4-7,10,14H,2-3,8,11H2,1H3,(H,22,24). The molecule has 1 atom stereocenters. The summed E-state index contributed by atoms with van der Waals surface area (Å²) in [7, 11) is 0. The van der Waals surface area contributed by atoms with Crippen LogP contribution in [0.25, 0.3) is 0 Å². The third-order valence-electron chi connectivity index (χ3n) is 3.99. The van der Waals surface area contributed by atoms with Crippen molar-refractivity contribution in [1.29, 1.82) is 5.26 Å². The molecule has 0 saturated carbocycles. The van der Waals surface area contributed by atoms with E-state index in [0.717, 1.165) is 25.1 Å². The molecule has 122 valence electrons. The molecule has 3 rings (SSSR count). The molecule has 0 aromatic carbocycles. The molecule has 2 aromatic heterocycles. The Morgan fingerprint density at radius 2 is 2.29 bits per heavy atom. The normalized spacial score (nSPS) is 17.2. The Morgan fingerprint density at radius 1 is 1.42 bits per heavy atom. The van der Waals surface area contributed by atoms with Crippen LogP contribution in [0.5, 0.6) is 0 Å². The Bertz CT molecular complexity index is 770. The molecule has 1 amide bonds. The lowest BCUT2D eigenvalue weighted by Gasteiger charge is -2.34. The van der Waals surface area contributed by atoms with Crippen LogP contribution in [0.3, 0.4) is 0 Å². The number of carbonyl (C=O) groups is 1. The highest BCUT2D eigenvalue weighted by atomic mass is 16.2. The SMILES string of the molecule is Cc1ccc(C#N)c(N2CCCC(NC(=O)c3cnccn3)C2)n1. The number of nitrogens with one attached hydrogen (secondary N) is 1. The van der Waals surface area contributed by atoms with E-state index in [2.05, 4.69) is 31.2 Å². The third-order valence-corrected chi connectivity index (χ3v) is 3.99. The van der Waals surface area contributed by atoms with E-state index in [1.165, 1.54) is 18.6 Å². The van der Waals surface area contributed by atoms with Crippen LogP contribution in [0.4, 0.5) is 5.82 Å². The fraction of sp³-hybridized carbons (Fsp3) is 0.353. The summed E-state index contributed by atoms with van der Waals surface area (Å²) < 4.78 is 0. The number of amides is 1. The highest BCUT2D eigenvalue weighted by Gasteiger charge is 2.24. The van der Waals surface area contributed by atoms with Crippen LogP contribution in [0.2, 0.25) is 0 Å². The average Bonchev–Trinajstić information content (AvgIpc) is 2.62. The van der Waals surface area contributed by atoms with Gasteiger partial charge in [0, 0.05) is 37.2 Å². The summed E-state index contributed by atoms with van der Waals surface area (Å²) in [5, 5.41) is 12.3. The molecule has 7 heteroatoms. The summed E-state index contributed by atoms with van der Waals surface area (Å²) in [4.78, 5) is 26.7. The summed E-state index contributed by atoms with van der Waals surface area (Å²) in [6, 6.07) is 5.80. The van der Waals surface area contributed by atoms with Crippen molar-refractivity contribution in [2.45, 2.75) is 25.8 Å². The number of piperidine rings is 1. The molecule has 1 N–H and O–H groups in total. The summed E-state index contributed by atoms with van der Waals surface area (Å²) in [6.45, 7) is 3.35. The van der Waals surface area contributed by atoms with Gasteiger partial charge in [-0.25, -0.2) is 9.97 Å². The van der Waals surface area contributed by atoms with Gasteiger partial charge < -0.3 is 10.2 Å². The zero-order valence-electron chi connectivity index (χ0n) is 13.4. The summed E-state index contributed by atoms with van der Waals surface area (Å²) in [6.07, 6.45) is 6.29. The van der Waals surface area contributed by atoms with E-state index in [1.54, 1.807) is 6.07 Å². The average molecular weight is 322 g/mol. The Balaban J connectivity index is 1.72. The molecule has 3 heterocycles. The monoisotopic (exact) mass is 322 g/mol. The van der Waals surface area contributed by atoms with Gasteiger partial charge in [0.2, 0.25) is 0 Å². The summed E-state index contributed by atoms with van der Waals surface area (Å²) in [5.41, 5.74) is 1.73. The molecular weight excluding hydrogens is 304 g/mol. The number of carbonyl (C=O) groups excluding carboxylic acids is 1. The van der Waals surface area contributed by atoms with E-state index in [1.807, 2.05) is 13.0 Å². The van der Waals surface area contributed by atoms with Crippen molar-refractivity contribution < 1.29 is 4.79 Å². The number of hydrogen-bond acceptors (Lipinski definition) is 6. The molecule has 7 nitrogen and oxygen atoms in total. The quantitative estimate of drug-likeness (QED) is 0.919. The zero-order chi connectivity index (χ0) is 16.9. The Morgan fingerprint density at radius 3 is 3.04 bits per heavy atom. The van der Waals surface area contributed by atoms with Crippen LogP contribution in [0.1, 0.15) is 34.6 Å². The molecule has 1 fully saturated rings. The summed E-state index contributed by atoms with van der Waals surface area (Å²) >= 11 is 0. The minimum Gasteiger partial charge on any atom is -0.353 e. The van der Waals surface area contributed by atoms with E-state index in [9.17, 15) is 10.1 Å². The predicted octanol–water partition coefficient (Wildman–Crippen LogP) is 1.45. The zero-order valence-corrected chi connectivity index (χ0v) is 13.4. The van der Waals surface area contributed by atoms with Crippen LogP contribution in [0.15, 0.2) is 30.7 Å². The minimum absolute atomic E-state index is 0.0119. The Labute approximate surface area is 140 Å². The van der Waals surface area contributed by atoms with Crippen molar-refractivity contribution in [1.82, 2.24) is 20.3 Å². The van der Waals surface area contributed by atoms with Crippen molar-refractivity contribution in [3.8, 4) is 6.07 Å². The largest absolute Gasteiger partial charge is 0.353 e. The number of rotatable bonds is 3. The predicted molar refractivity (Wildman–Crippen MR) is 88.4 cm³/mol. The fourth-order valence-electron chi connectivity index (χ4n) is 2.83. The minimum atomic E-state index is -0.229. The van der Waals surface area contributed by atoms with Gasteiger partial charge in [0.25, 0.3) is 5.91 Å². The van der Waals surface area contributed by atoms with Crippen molar-refractivity contribution in [2.75, 3.05) is 18.0 Å². The molecule has 0 bridgehead atoms. The second-order valence-electron chi connectivity index (χ2n) is 5.78. The lowest BCUT2D eigenvalue weighted by molar-refractivity contribution is 0.0927. The lowest BCUT2D eigenvalue weighted by atomic mass is 10.0. The number of nitriles is 1. The van der Waals surface area contributed by atoms with Crippen molar-refractivity contribution >= 4 is 11.7 Å². The number of anilines is 1. The highest BCUT2D eigenvalue weighted by molar-refractivity contribution is 5.92. The molecule has 24 heavy (non-hydrogen) atoms. The van der Waals surface area contributed by atoms with E-state index < -0.39 is 0 Å². The third kappa shape index (κ3) is 3.49. The number of aryl methyl sites for hydroxylation is 1. The van der Waals surface area contributed by atoms with Gasteiger partial charge >= 0.3 is 0 Å². The van der Waals surface area contributed by atoms with Gasteiger partial charge in [-0.15, -0.1) is 0 Å². The lowest BCUT2D eigenvalue weighted by Crippen LogP contribution is -2.48. The molecule has 1 aliphatic rings. The molecule has 0 aliphatic carbocycles. The smallest absolute Gasteiger partial charge is 0.271 e. The first-order valence-electron chi connectivity index (χ1n) is 7.87. The summed E-state index contributed by atoms with van der Waals surface area (Å²) in [5.74, 6) is 0.462. The van der Waals surface area contributed by atoms with Crippen LogP contribution < -0.4 is 10.2 Å². The van der Waals surface area contributed by atoms with Crippen molar-refractivity contribution in [2.24, 2.45) is 0 Å². The second-order valence-corrected chi connectivity index (χ2v) is 5.78. The van der Waals surface area contributed by atoms with Crippen LogP contribution in [0, 0.1) is 18.3 Å². The van der Waals surface area contributed by atoms with Gasteiger partial charge in [-0.3, -0.25) is 9.78 Å². The van der Waals surface area contributed by atoms with Gasteiger partial charge in [-0.2, -0.15) is 5.26 Å². The molecular formula is C17H18N6O. The molecule has 0 spiro atoms. The Kier molecular flexibility index (Phi) is 4.66. The maximum Gasteiger partial charge on any atom is 0.271 e. The van der Waals surface area contributed by atoms with Gasteiger partial charge in [0.15, 0.2) is 0 Å². The van der Waals surface area contributed by atoms with Crippen LogP contribution in [-0.2, 0) is 0 Å². The van der Waals surface area contributed by atoms with E-state index >= 15 is 0 Å². The Hall–Kier alpha value is -3.01. The number of nitrogens with zero attached hydrogens (tertiary/aromatic N) is 5. The fourth-order valence-corrected chi connectivity index (χ4v) is 2.83. The second kappa shape index (κ2) is 7.04. The van der Waals surface area contributed by atoms with Crippen molar-refractivity contribution in [3.63, 3.8) is 0 Å². The molecule has 1 unspecified atom stereocenters. The van der Waals surface area contributed by atoms with Gasteiger partial charge in [0.05, 0.1) is 11.8 Å². The van der Waals surface area contributed by atoms with Gasteiger partial charge in [-0.05, 0) is 31.9 Å². The topological polar surface area (TPSA) is 94.8 Å². The maximum atomic E-state index is 12.2. The van der Waals surface area contributed by atoms with E-state index in [4.69, 9.17) is 0 Å². The molecule has 1 saturated heterocycles. The number of pyridine rings is 1. The first kappa shape index (κ1) is 15.9. The number of hydrogen-bond donors (Lipinski definition) is 1. The van der Waals surface area contributed by atoms with E-state index in [0.29, 0.717) is 23.6 Å². The van der Waals surface area contributed by atoms with E-state index in [-0.39, 0.29) is 11.9 Å². The highest BCUT2D eigenvalue weighted by Crippen LogP contribution is 2.22. The first-order valence-corrected chi connectivity index (χ1v) is 7.87. The number of aromatic nitrogens is 3. The molecule has 2 aromatic rings. The van der Waals surface area contributed by atoms with Gasteiger partial charge in [-0.1, -0.05) is 0 Å². The van der Waals surface area contributed by atoms with Gasteiger partial charge in [0.1, 0.15) is 17.6 Å². The van der Waals surface area contributed by atoms with Crippen LogP contribution >= 0.6 is 0 Å². The molecule has 1 aliphatic heterocycles. The van der Waals surface area contributed by atoms with Crippen molar-refractivity contribution in [3.05, 3.63) is 47.7 Å². The first-order chi connectivity index (χ1) is 11.7. The molecule has 0 radical (unpaired) electrons. The van der Waals surface area contributed by atoms with Crippen LogP contribution in [-0.4, -0.2) is 40.0 Å². The maximum absolute atomic E-state index is 12.2.